The summed E-state index contributed by atoms with van der Waals surface area (Å²) in [7, 11) is 1.62. The molecule has 7 heteroatoms. The lowest BCUT2D eigenvalue weighted by molar-refractivity contribution is -0.0441. The molecule has 1 fully saturated rings. The van der Waals surface area contributed by atoms with E-state index >= 15 is 0 Å². The Hall–Kier alpha value is -1.89. The molecule has 0 bridgehead atoms. The van der Waals surface area contributed by atoms with E-state index in [1.54, 1.807) is 12.0 Å². The van der Waals surface area contributed by atoms with Crippen LogP contribution in [-0.2, 0) is 4.74 Å². The first kappa shape index (κ1) is 13.5. The topological polar surface area (TPSA) is 95.5 Å². The van der Waals surface area contributed by atoms with E-state index < -0.39 is 5.97 Å². The van der Waals surface area contributed by atoms with E-state index in [0.717, 1.165) is 12.8 Å². The van der Waals surface area contributed by atoms with Crippen LogP contribution in [0.5, 0.6) is 0 Å². The summed E-state index contributed by atoms with van der Waals surface area (Å²) in [4.78, 5) is 31.2. The minimum atomic E-state index is -1.19. The van der Waals surface area contributed by atoms with Gasteiger partial charge in [0.15, 0.2) is 11.4 Å². The molecule has 2 N–H and O–H groups in total. The Balaban J connectivity index is 2.20. The van der Waals surface area contributed by atoms with E-state index in [4.69, 9.17) is 9.84 Å². The van der Waals surface area contributed by atoms with Gasteiger partial charge < -0.3 is 19.7 Å². The molecule has 1 unspecified atom stereocenters. The Morgan fingerprint density at radius 2 is 2.32 bits per heavy atom. The SMILES string of the molecule is COC1(C)CCCN(C(=O)c2nc[nH]c2C(=O)O)C1. The predicted molar refractivity (Wildman–Crippen MR) is 66.1 cm³/mol. The second-order valence-corrected chi connectivity index (χ2v) is 4.92. The molecule has 0 aromatic carbocycles. The largest absolute Gasteiger partial charge is 0.477 e. The molecule has 0 aliphatic carbocycles. The number of likely N-dealkylation sites (tertiary alicyclic amines) is 1. The molecule has 1 aliphatic rings. The molecule has 1 aromatic heterocycles. The van der Waals surface area contributed by atoms with Crippen molar-refractivity contribution in [3.63, 3.8) is 0 Å². The van der Waals surface area contributed by atoms with Crippen LogP contribution in [0.25, 0.3) is 0 Å². The third kappa shape index (κ3) is 2.60. The maximum Gasteiger partial charge on any atom is 0.354 e. The number of aromatic nitrogens is 2. The number of piperidine rings is 1. The highest BCUT2D eigenvalue weighted by atomic mass is 16.5. The van der Waals surface area contributed by atoms with Gasteiger partial charge in [-0.05, 0) is 19.8 Å². The lowest BCUT2D eigenvalue weighted by Gasteiger charge is -2.39. The van der Waals surface area contributed by atoms with Gasteiger partial charge in [0, 0.05) is 20.2 Å². The van der Waals surface area contributed by atoms with Crippen LogP contribution in [0.3, 0.4) is 0 Å². The molecule has 7 nitrogen and oxygen atoms in total. The number of nitrogens with zero attached hydrogens (tertiary/aromatic N) is 2. The summed E-state index contributed by atoms with van der Waals surface area (Å²) in [6, 6.07) is 0. The van der Waals surface area contributed by atoms with Crippen molar-refractivity contribution in [2.75, 3.05) is 20.2 Å². The quantitative estimate of drug-likeness (QED) is 0.842. The van der Waals surface area contributed by atoms with Gasteiger partial charge in [0.2, 0.25) is 0 Å². The van der Waals surface area contributed by atoms with Crippen molar-refractivity contribution < 1.29 is 19.4 Å². The first-order chi connectivity index (χ1) is 8.97. The fourth-order valence-electron chi connectivity index (χ4n) is 2.31. The van der Waals surface area contributed by atoms with Gasteiger partial charge in [0.1, 0.15) is 0 Å². The van der Waals surface area contributed by atoms with E-state index in [1.807, 2.05) is 6.92 Å². The van der Waals surface area contributed by atoms with Gasteiger partial charge >= 0.3 is 5.97 Å². The van der Waals surface area contributed by atoms with Crippen LogP contribution in [0, 0.1) is 0 Å². The third-order valence-electron chi connectivity index (χ3n) is 3.49. The summed E-state index contributed by atoms with van der Waals surface area (Å²) in [6.07, 6.45) is 2.92. The Morgan fingerprint density at radius 3 is 2.95 bits per heavy atom. The molecular formula is C12H17N3O4. The van der Waals surface area contributed by atoms with Gasteiger partial charge in [-0.3, -0.25) is 4.79 Å². The number of carboxylic acids is 1. The van der Waals surface area contributed by atoms with Gasteiger partial charge in [-0.25, -0.2) is 9.78 Å². The summed E-state index contributed by atoms with van der Waals surface area (Å²) in [5.74, 6) is -1.56. The highest BCUT2D eigenvalue weighted by Gasteiger charge is 2.35. The molecule has 104 valence electrons. The van der Waals surface area contributed by atoms with Crippen molar-refractivity contribution in [3.05, 3.63) is 17.7 Å². The number of rotatable bonds is 3. The molecule has 19 heavy (non-hydrogen) atoms. The molecular weight excluding hydrogens is 250 g/mol. The average Bonchev–Trinajstić information content (AvgIpc) is 2.87. The lowest BCUT2D eigenvalue weighted by Crippen LogP contribution is -2.49. The maximum atomic E-state index is 12.3. The summed E-state index contributed by atoms with van der Waals surface area (Å²) in [5.41, 5.74) is -0.601. The van der Waals surface area contributed by atoms with Gasteiger partial charge in [0.25, 0.3) is 5.91 Å². The number of hydrogen-bond acceptors (Lipinski definition) is 4. The maximum absolute atomic E-state index is 12.3. The van der Waals surface area contributed by atoms with Crippen molar-refractivity contribution in [2.45, 2.75) is 25.4 Å². The number of carbonyl (C=O) groups excluding carboxylic acids is 1. The third-order valence-corrected chi connectivity index (χ3v) is 3.49. The number of aromatic carboxylic acids is 1. The van der Waals surface area contributed by atoms with Crippen LogP contribution in [0.2, 0.25) is 0 Å². The Kier molecular flexibility index (Phi) is 3.57. The van der Waals surface area contributed by atoms with Crippen LogP contribution in [-0.4, -0.2) is 57.7 Å². The van der Waals surface area contributed by atoms with Crippen LogP contribution < -0.4 is 0 Å². The number of carbonyl (C=O) groups is 2. The van der Waals surface area contributed by atoms with Crippen molar-refractivity contribution >= 4 is 11.9 Å². The molecule has 1 saturated heterocycles. The van der Waals surface area contributed by atoms with Gasteiger partial charge in [-0.15, -0.1) is 0 Å². The molecule has 2 heterocycles. The highest BCUT2D eigenvalue weighted by Crippen LogP contribution is 2.25. The number of nitrogens with one attached hydrogen (secondary N) is 1. The smallest absolute Gasteiger partial charge is 0.354 e. The molecule has 0 saturated carbocycles. The number of aromatic amines is 1. The second kappa shape index (κ2) is 5.00. The average molecular weight is 267 g/mol. The van der Waals surface area contributed by atoms with Crippen LogP contribution in [0.15, 0.2) is 6.33 Å². The Labute approximate surface area is 110 Å². The second-order valence-electron chi connectivity index (χ2n) is 4.92. The highest BCUT2D eigenvalue weighted by molar-refractivity contribution is 6.02. The van der Waals surface area contributed by atoms with Crippen LogP contribution in [0.4, 0.5) is 0 Å². The molecule has 0 radical (unpaired) electrons. The molecule has 0 spiro atoms. The van der Waals surface area contributed by atoms with Crippen LogP contribution in [0.1, 0.15) is 40.7 Å². The zero-order chi connectivity index (χ0) is 14.0. The minimum Gasteiger partial charge on any atom is -0.477 e. The number of amides is 1. The van der Waals surface area contributed by atoms with E-state index in [-0.39, 0.29) is 22.9 Å². The molecule has 1 aromatic rings. The first-order valence-electron chi connectivity index (χ1n) is 6.08. The molecule has 1 aliphatic heterocycles. The van der Waals surface area contributed by atoms with Crippen LogP contribution >= 0.6 is 0 Å². The number of imidazole rings is 1. The van der Waals surface area contributed by atoms with Gasteiger partial charge in [-0.1, -0.05) is 0 Å². The van der Waals surface area contributed by atoms with E-state index in [1.165, 1.54) is 6.33 Å². The zero-order valence-corrected chi connectivity index (χ0v) is 11.0. The number of ether oxygens (including phenoxy) is 1. The van der Waals surface area contributed by atoms with Crippen molar-refractivity contribution in [3.8, 4) is 0 Å². The zero-order valence-electron chi connectivity index (χ0n) is 11.0. The fourth-order valence-corrected chi connectivity index (χ4v) is 2.31. The summed E-state index contributed by atoms with van der Waals surface area (Å²) in [6.45, 7) is 2.97. The Morgan fingerprint density at radius 1 is 1.58 bits per heavy atom. The van der Waals surface area contributed by atoms with Gasteiger partial charge in [-0.2, -0.15) is 0 Å². The lowest BCUT2D eigenvalue weighted by atomic mass is 9.94. The number of hydrogen-bond donors (Lipinski definition) is 2. The van der Waals surface area contributed by atoms with Crippen molar-refractivity contribution in [1.82, 2.24) is 14.9 Å². The molecule has 1 amide bonds. The van der Waals surface area contributed by atoms with Crippen molar-refractivity contribution in [1.29, 1.82) is 0 Å². The Bertz CT molecular complexity index is 499. The monoisotopic (exact) mass is 267 g/mol. The van der Waals surface area contributed by atoms with Crippen molar-refractivity contribution in [2.24, 2.45) is 0 Å². The predicted octanol–water partition coefficient (Wildman–Crippen LogP) is 0.749. The summed E-state index contributed by atoms with van der Waals surface area (Å²) >= 11 is 0. The summed E-state index contributed by atoms with van der Waals surface area (Å²) in [5, 5.41) is 8.98. The summed E-state index contributed by atoms with van der Waals surface area (Å²) < 4.78 is 5.42. The first-order valence-corrected chi connectivity index (χ1v) is 6.08. The van der Waals surface area contributed by atoms with Gasteiger partial charge in [0.05, 0.1) is 11.9 Å². The van der Waals surface area contributed by atoms with E-state index in [2.05, 4.69) is 9.97 Å². The molecule has 2 rings (SSSR count). The minimum absolute atomic E-state index is 0.0483. The molecule has 1 atom stereocenters. The van der Waals surface area contributed by atoms with E-state index in [0.29, 0.717) is 13.1 Å². The normalized spacial score (nSPS) is 23.4. The number of H-pyrrole nitrogens is 1. The fraction of sp³-hybridized carbons (Fsp3) is 0.583. The van der Waals surface area contributed by atoms with E-state index in [9.17, 15) is 9.59 Å². The number of methoxy groups -OCH3 is 1. The standard InChI is InChI=1S/C12H17N3O4/c1-12(19-2)4-3-5-15(6-12)10(16)8-9(11(17)18)14-7-13-8/h7H,3-6H2,1-2H3,(H,13,14)(H,17,18). The number of carboxylic acid groups (broad SMARTS) is 1.